The van der Waals surface area contributed by atoms with Gasteiger partial charge in [-0.1, -0.05) is 27.2 Å². The van der Waals surface area contributed by atoms with Crippen LogP contribution in [0.4, 0.5) is 0 Å². The molecule has 0 radical (unpaired) electrons. The van der Waals surface area contributed by atoms with Crippen LogP contribution in [0.2, 0.25) is 0 Å². The van der Waals surface area contributed by atoms with Crippen LogP contribution in [0.25, 0.3) is 0 Å². The molecule has 12 heavy (non-hydrogen) atoms. The van der Waals surface area contributed by atoms with Crippen molar-refractivity contribution in [1.82, 2.24) is 0 Å². The molecule has 0 aliphatic heterocycles. The lowest BCUT2D eigenvalue weighted by molar-refractivity contribution is -0.138. The second-order valence-electron chi connectivity index (χ2n) is 3.59. The fourth-order valence-corrected chi connectivity index (χ4v) is 1.32. The smallest absolute Gasteiger partial charge is 0.303 e. The van der Waals surface area contributed by atoms with Gasteiger partial charge in [-0.2, -0.15) is 0 Å². The van der Waals surface area contributed by atoms with Crippen LogP contribution in [0, 0.1) is 11.8 Å². The van der Waals surface area contributed by atoms with Gasteiger partial charge in [-0.05, 0) is 11.8 Å². The highest BCUT2D eigenvalue weighted by Crippen LogP contribution is 2.17. The third-order valence-corrected chi connectivity index (χ3v) is 2.28. The SMILES string of the molecule is CC[C@@H](CC(=O)O)[C@@H](N)C(C)C. The van der Waals surface area contributed by atoms with Gasteiger partial charge in [0.05, 0.1) is 0 Å². The molecule has 0 aromatic carbocycles. The first-order chi connectivity index (χ1) is 5.49. The zero-order valence-electron chi connectivity index (χ0n) is 8.08. The molecule has 0 aromatic rings. The maximum absolute atomic E-state index is 10.4. The molecule has 3 N–H and O–H groups in total. The molecule has 0 aliphatic rings. The van der Waals surface area contributed by atoms with E-state index in [-0.39, 0.29) is 18.4 Å². The average Bonchev–Trinajstić information content (AvgIpc) is 1.98. The minimum absolute atomic E-state index is 0.00565. The molecule has 0 spiro atoms. The monoisotopic (exact) mass is 173 g/mol. The summed E-state index contributed by atoms with van der Waals surface area (Å²) in [5, 5.41) is 8.59. The van der Waals surface area contributed by atoms with Crippen molar-refractivity contribution in [2.24, 2.45) is 17.6 Å². The molecule has 0 heterocycles. The summed E-state index contributed by atoms with van der Waals surface area (Å²) in [7, 11) is 0. The van der Waals surface area contributed by atoms with Gasteiger partial charge in [-0.15, -0.1) is 0 Å². The quantitative estimate of drug-likeness (QED) is 0.661. The first-order valence-corrected chi connectivity index (χ1v) is 4.46. The number of carboxylic acids is 1. The molecule has 0 fully saturated rings. The molecule has 0 saturated carbocycles. The summed E-state index contributed by atoms with van der Waals surface area (Å²) >= 11 is 0. The van der Waals surface area contributed by atoms with Crippen molar-refractivity contribution in [2.75, 3.05) is 0 Å². The van der Waals surface area contributed by atoms with Gasteiger partial charge in [0, 0.05) is 12.5 Å². The molecule has 0 bridgehead atoms. The van der Waals surface area contributed by atoms with Crippen LogP contribution in [0.15, 0.2) is 0 Å². The van der Waals surface area contributed by atoms with Crippen molar-refractivity contribution in [3.8, 4) is 0 Å². The van der Waals surface area contributed by atoms with Gasteiger partial charge in [-0.25, -0.2) is 0 Å². The van der Waals surface area contributed by atoms with Crippen molar-refractivity contribution in [3.05, 3.63) is 0 Å². The standard InChI is InChI=1S/C9H19NO2/c1-4-7(5-8(11)12)9(10)6(2)3/h6-7,9H,4-5,10H2,1-3H3,(H,11,12)/t7-,9-/m0/s1. The number of hydrogen-bond acceptors (Lipinski definition) is 2. The van der Waals surface area contributed by atoms with E-state index in [2.05, 4.69) is 0 Å². The normalized spacial score (nSPS) is 16.1. The van der Waals surface area contributed by atoms with Crippen molar-refractivity contribution in [1.29, 1.82) is 0 Å². The molecule has 0 aromatic heterocycles. The van der Waals surface area contributed by atoms with Gasteiger partial charge < -0.3 is 10.8 Å². The van der Waals surface area contributed by atoms with Crippen molar-refractivity contribution < 1.29 is 9.90 Å². The van der Waals surface area contributed by atoms with Gasteiger partial charge in [-0.3, -0.25) is 4.79 Å². The average molecular weight is 173 g/mol. The lowest BCUT2D eigenvalue weighted by Gasteiger charge is -2.24. The number of hydrogen-bond donors (Lipinski definition) is 2. The highest BCUT2D eigenvalue weighted by molar-refractivity contribution is 5.67. The molecule has 2 atom stereocenters. The maximum Gasteiger partial charge on any atom is 0.303 e. The van der Waals surface area contributed by atoms with E-state index in [4.69, 9.17) is 10.8 Å². The summed E-state index contributed by atoms with van der Waals surface area (Å²) in [6.07, 6.45) is 1.03. The summed E-state index contributed by atoms with van der Waals surface area (Å²) in [6, 6.07) is 0.00565. The summed E-state index contributed by atoms with van der Waals surface area (Å²) < 4.78 is 0. The maximum atomic E-state index is 10.4. The molecule has 0 aliphatic carbocycles. The first kappa shape index (κ1) is 11.4. The van der Waals surface area contributed by atoms with Gasteiger partial charge in [0.15, 0.2) is 0 Å². The second kappa shape index (κ2) is 5.14. The zero-order chi connectivity index (χ0) is 9.72. The Hall–Kier alpha value is -0.570. The fourth-order valence-electron chi connectivity index (χ4n) is 1.32. The third-order valence-electron chi connectivity index (χ3n) is 2.28. The highest BCUT2D eigenvalue weighted by atomic mass is 16.4. The fraction of sp³-hybridized carbons (Fsp3) is 0.889. The minimum Gasteiger partial charge on any atom is -0.481 e. The van der Waals surface area contributed by atoms with Crippen LogP contribution in [0.3, 0.4) is 0 Å². The molecule has 3 nitrogen and oxygen atoms in total. The number of carbonyl (C=O) groups is 1. The summed E-state index contributed by atoms with van der Waals surface area (Å²) in [5.41, 5.74) is 5.86. The van der Waals surface area contributed by atoms with E-state index in [9.17, 15) is 4.79 Å². The Balaban J connectivity index is 4.04. The predicted molar refractivity (Wildman–Crippen MR) is 48.8 cm³/mol. The van der Waals surface area contributed by atoms with Gasteiger partial charge >= 0.3 is 5.97 Å². The van der Waals surface area contributed by atoms with E-state index in [1.165, 1.54) is 0 Å². The molecule has 0 saturated heterocycles. The van der Waals surface area contributed by atoms with Crippen LogP contribution in [0.5, 0.6) is 0 Å². The topological polar surface area (TPSA) is 63.3 Å². The van der Waals surface area contributed by atoms with Crippen molar-refractivity contribution in [3.63, 3.8) is 0 Å². The van der Waals surface area contributed by atoms with Gasteiger partial charge in [0.1, 0.15) is 0 Å². The van der Waals surface area contributed by atoms with Crippen LogP contribution in [-0.2, 0) is 4.79 Å². The van der Waals surface area contributed by atoms with Crippen molar-refractivity contribution in [2.45, 2.75) is 39.7 Å². The third kappa shape index (κ3) is 3.72. The van der Waals surface area contributed by atoms with Crippen LogP contribution in [-0.4, -0.2) is 17.1 Å². The van der Waals surface area contributed by atoms with Crippen LogP contribution in [0.1, 0.15) is 33.6 Å². The lowest BCUT2D eigenvalue weighted by atomic mass is 9.87. The Morgan fingerprint density at radius 2 is 2.00 bits per heavy atom. The number of carboxylic acid groups (broad SMARTS) is 1. The second-order valence-corrected chi connectivity index (χ2v) is 3.59. The molecular formula is C9H19NO2. The summed E-state index contributed by atoms with van der Waals surface area (Å²) in [5.74, 6) is -0.283. The number of nitrogens with two attached hydrogens (primary N) is 1. The Kier molecular flexibility index (Phi) is 4.90. The Morgan fingerprint density at radius 3 is 2.25 bits per heavy atom. The number of rotatable bonds is 5. The van der Waals surface area contributed by atoms with Crippen LogP contribution < -0.4 is 5.73 Å². The number of aliphatic carboxylic acids is 1. The van der Waals surface area contributed by atoms with E-state index in [1.54, 1.807) is 0 Å². The van der Waals surface area contributed by atoms with Crippen molar-refractivity contribution >= 4 is 5.97 Å². The van der Waals surface area contributed by atoms with Gasteiger partial charge in [0.2, 0.25) is 0 Å². The molecule has 0 unspecified atom stereocenters. The zero-order valence-corrected chi connectivity index (χ0v) is 8.08. The highest BCUT2D eigenvalue weighted by Gasteiger charge is 2.21. The minimum atomic E-state index is -0.752. The van der Waals surface area contributed by atoms with Crippen LogP contribution >= 0.6 is 0 Å². The first-order valence-electron chi connectivity index (χ1n) is 4.46. The van der Waals surface area contributed by atoms with E-state index >= 15 is 0 Å². The largest absolute Gasteiger partial charge is 0.481 e. The molecule has 72 valence electrons. The van der Waals surface area contributed by atoms with E-state index in [0.717, 1.165) is 6.42 Å². The predicted octanol–water partition coefficient (Wildman–Crippen LogP) is 1.47. The lowest BCUT2D eigenvalue weighted by Crippen LogP contribution is -2.36. The summed E-state index contributed by atoms with van der Waals surface area (Å²) in [4.78, 5) is 10.4. The van der Waals surface area contributed by atoms with E-state index in [0.29, 0.717) is 5.92 Å². The molecule has 3 heteroatoms. The molecule has 0 amide bonds. The van der Waals surface area contributed by atoms with E-state index in [1.807, 2.05) is 20.8 Å². The Labute approximate surface area is 74.0 Å². The van der Waals surface area contributed by atoms with E-state index < -0.39 is 5.97 Å². The summed E-state index contributed by atoms with van der Waals surface area (Å²) in [6.45, 7) is 6.03. The Morgan fingerprint density at radius 1 is 1.50 bits per heavy atom. The Bertz CT molecular complexity index is 145. The molecule has 0 rings (SSSR count). The molecular weight excluding hydrogens is 154 g/mol. The van der Waals surface area contributed by atoms with Gasteiger partial charge in [0.25, 0.3) is 0 Å².